The quantitative estimate of drug-likeness (QED) is 0.547. The predicted molar refractivity (Wildman–Crippen MR) is 72.8 cm³/mol. The zero-order valence-corrected chi connectivity index (χ0v) is 11.8. The minimum absolute atomic E-state index is 0.295. The van der Waals surface area contributed by atoms with Crippen molar-refractivity contribution in [3.05, 3.63) is 30.1 Å². The van der Waals surface area contributed by atoms with Crippen LogP contribution in [0.5, 0.6) is 0 Å². The molecule has 0 radical (unpaired) electrons. The van der Waals surface area contributed by atoms with Crippen LogP contribution in [0.4, 0.5) is 0 Å². The summed E-state index contributed by atoms with van der Waals surface area (Å²) < 4.78 is 1.55. The van der Waals surface area contributed by atoms with Gasteiger partial charge >= 0.3 is 0 Å². The third-order valence-electron chi connectivity index (χ3n) is 3.24. The van der Waals surface area contributed by atoms with E-state index in [-0.39, 0.29) is 5.78 Å². The van der Waals surface area contributed by atoms with E-state index in [0.29, 0.717) is 18.1 Å². The van der Waals surface area contributed by atoms with Crippen LogP contribution in [0, 0.1) is 5.92 Å². The Bertz CT molecular complexity index is 393. The second kappa shape index (κ2) is 8.64. The van der Waals surface area contributed by atoms with Gasteiger partial charge in [-0.3, -0.25) is 9.63 Å². The van der Waals surface area contributed by atoms with Gasteiger partial charge in [-0.1, -0.05) is 26.7 Å². The predicted octanol–water partition coefficient (Wildman–Crippen LogP) is 1.79. The van der Waals surface area contributed by atoms with E-state index in [9.17, 15) is 4.79 Å². The molecule has 0 saturated heterocycles. The Hall–Kier alpha value is -1.42. The van der Waals surface area contributed by atoms with Gasteiger partial charge in [-0.25, -0.2) is 0 Å². The van der Waals surface area contributed by atoms with Crippen LogP contribution in [0.15, 0.2) is 24.5 Å². The Morgan fingerprint density at radius 3 is 2.89 bits per heavy atom. The molecule has 0 aliphatic rings. The van der Waals surface area contributed by atoms with E-state index in [1.54, 1.807) is 29.3 Å². The van der Waals surface area contributed by atoms with E-state index < -0.39 is 6.61 Å². The van der Waals surface area contributed by atoms with Gasteiger partial charge in [-0.15, -0.1) is 0 Å². The summed E-state index contributed by atoms with van der Waals surface area (Å²) in [5.74, 6) is 0.251. The fraction of sp³-hybridized carbons (Fsp3) is 0.600. The summed E-state index contributed by atoms with van der Waals surface area (Å²) in [5.41, 5.74) is 0.464. The number of ketones is 1. The van der Waals surface area contributed by atoms with Gasteiger partial charge in [0.25, 0.3) is 0 Å². The van der Waals surface area contributed by atoms with Gasteiger partial charge in [0.1, 0.15) is 6.61 Å². The van der Waals surface area contributed by atoms with Crippen LogP contribution in [0.3, 0.4) is 0 Å². The van der Waals surface area contributed by atoms with Crippen LogP contribution in [0.2, 0.25) is 0 Å². The summed E-state index contributed by atoms with van der Waals surface area (Å²) in [6, 6.07) is 3.42. The van der Waals surface area contributed by atoms with E-state index in [2.05, 4.69) is 13.8 Å². The average Bonchev–Trinajstić information content (AvgIpc) is 2.47. The lowest BCUT2D eigenvalue weighted by molar-refractivity contribution is -0.892. The van der Waals surface area contributed by atoms with Crippen molar-refractivity contribution in [1.29, 1.82) is 0 Å². The van der Waals surface area contributed by atoms with Crippen molar-refractivity contribution < 1.29 is 19.5 Å². The van der Waals surface area contributed by atoms with E-state index in [1.807, 2.05) is 0 Å². The molecule has 4 heteroatoms. The van der Waals surface area contributed by atoms with Gasteiger partial charge in [0.2, 0.25) is 12.4 Å². The van der Waals surface area contributed by atoms with Gasteiger partial charge in [0, 0.05) is 10.8 Å². The summed E-state index contributed by atoms with van der Waals surface area (Å²) in [5, 5.41) is 8.83. The highest BCUT2D eigenvalue weighted by atomic mass is 16.7. The Morgan fingerprint density at radius 2 is 2.26 bits per heavy atom. The Morgan fingerprint density at radius 1 is 1.47 bits per heavy atom. The van der Waals surface area contributed by atoms with E-state index >= 15 is 0 Å². The van der Waals surface area contributed by atoms with E-state index in [1.165, 1.54) is 19.3 Å². The number of pyridine rings is 1. The molecule has 0 aromatic carbocycles. The number of hydrogen-bond donors (Lipinski definition) is 1. The molecule has 1 aromatic heterocycles. The number of aromatic nitrogens is 1. The fourth-order valence-electron chi connectivity index (χ4n) is 1.88. The van der Waals surface area contributed by atoms with Crippen molar-refractivity contribution in [2.24, 2.45) is 5.92 Å². The molecule has 1 N–H and O–H groups in total. The summed E-state index contributed by atoms with van der Waals surface area (Å²) in [7, 11) is 0. The third kappa shape index (κ3) is 5.39. The largest absolute Gasteiger partial charge is 0.388 e. The standard InChI is InChI=1S/C15H24NO3/c1-3-5-7-13(4-2)12-19-16-9-6-8-14(10-16)15(18)11-17/h6,8-10,13,17H,3-5,7,11-12H2,1-2H3/q+1. The number of aliphatic hydroxyl groups excluding tert-OH is 1. The average molecular weight is 266 g/mol. The maximum absolute atomic E-state index is 11.4. The van der Waals surface area contributed by atoms with Crippen LogP contribution in [-0.2, 0) is 0 Å². The molecule has 4 nitrogen and oxygen atoms in total. The Balaban J connectivity index is 2.54. The van der Waals surface area contributed by atoms with E-state index in [0.717, 1.165) is 6.42 Å². The van der Waals surface area contributed by atoms with Crippen LogP contribution in [0.25, 0.3) is 0 Å². The number of nitrogens with zero attached hydrogens (tertiary/aromatic N) is 1. The maximum Gasteiger partial charge on any atom is 0.233 e. The highest BCUT2D eigenvalue weighted by molar-refractivity contribution is 5.96. The molecular formula is C15H24NO3+. The lowest BCUT2D eigenvalue weighted by Gasteiger charge is -2.11. The first-order chi connectivity index (χ1) is 9.21. The lowest BCUT2D eigenvalue weighted by Crippen LogP contribution is -2.44. The molecule has 0 spiro atoms. The van der Waals surface area contributed by atoms with Crippen LogP contribution < -0.4 is 9.57 Å². The first kappa shape index (κ1) is 15.6. The summed E-state index contributed by atoms with van der Waals surface area (Å²) in [6.07, 6.45) is 8.06. The maximum atomic E-state index is 11.4. The minimum Gasteiger partial charge on any atom is -0.388 e. The van der Waals surface area contributed by atoms with Gasteiger partial charge < -0.3 is 5.11 Å². The monoisotopic (exact) mass is 266 g/mol. The lowest BCUT2D eigenvalue weighted by atomic mass is 10.0. The molecule has 0 aliphatic heterocycles. The van der Waals surface area contributed by atoms with Crippen molar-refractivity contribution in [3.8, 4) is 0 Å². The number of carbonyl (C=O) groups excluding carboxylic acids is 1. The van der Waals surface area contributed by atoms with Crippen LogP contribution in [-0.4, -0.2) is 24.1 Å². The van der Waals surface area contributed by atoms with E-state index in [4.69, 9.17) is 9.94 Å². The molecule has 1 rings (SSSR count). The van der Waals surface area contributed by atoms with Crippen molar-refractivity contribution in [2.45, 2.75) is 39.5 Å². The first-order valence-corrected chi connectivity index (χ1v) is 6.99. The molecule has 1 unspecified atom stereocenters. The SMILES string of the molecule is CCCCC(CC)CO[n+]1cccc(C(=O)CO)c1. The molecule has 0 bridgehead atoms. The number of aliphatic hydroxyl groups is 1. The highest BCUT2D eigenvalue weighted by Crippen LogP contribution is 2.11. The van der Waals surface area contributed by atoms with Gasteiger partial charge in [-0.2, -0.15) is 0 Å². The second-order valence-corrected chi connectivity index (χ2v) is 4.75. The number of Topliss-reactive ketones (excluding diaryl/α,β-unsaturated/α-hetero) is 1. The highest BCUT2D eigenvalue weighted by Gasteiger charge is 2.13. The topological polar surface area (TPSA) is 50.4 Å². The molecule has 0 aliphatic carbocycles. The molecule has 19 heavy (non-hydrogen) atoms. The van der Waals surface area contributed by atoms with Crippen molar-refractivity contribution in [3.63, 3.8) is 0 Å². The second-order valence-electron chi connectivity index (χ2n) is 4.75. The summed E-state index contributed by atoms with van der Waals surface area (Å²) in [4.78, 5) is 17.1. The summed E-state index contributed by atoms with van der Waals surface area (Å²) >= 11 is 0. The first-order valence-electron chi connectivity index (χ1n) is 6.99. The molecule has 0 fully saturated rings. The van der Waals surface area contributed by atoms with Crippen molar-refractivity contribution >= 4 is 5.78 Å². The molecule has 0 amide bonds. The third-order valence-corrected chi connectivity index (χ3v) is 3.24. The molecule has 1 atom stereocenters. The van der Waals surface area contributed by atoms with Gasteiger partial charge in [-0.05, 0) is 24.8 Å². The molecular weight excluding hydrogens is 242 g/mol. The fourth-order valence-corrected chi connectivity index (χ4v) is 1.88. The minimum atomic E-state index is -0.474. The van der Waals surface area contributed by atoms with Crippen molar-refractivity contribution in [2.75, 3.05) is 13.2 Å². The Labute approximate surface area is 115 Å². The molecule has 1 aromatic rings. The zero-order chi connectivity index (χ0) is 14.1. The smallest absolute Gasteiger partial charge is 0.233 e. The van der Waals surface area contributed by atoms with Crippen LogP contribution in [0.1, 0.15) is 49.9 Å². The number of rotatable bonds is 9. The van der Waals surface area contributed by atoms with Crippen LogP contribution >= 0.6 is 0 Å². The normalized spacial score (nSPS) is 12.2. The molecule has 0 saturated carbocycles. The van der Waals surface area contributed by atoms with Crippen molar-refractivity contribution in [1.82, 2.24) is 0 Å². The Kier molecular flexibility index (Phi) is 7.11. The van der Waals surface area contributed by atoms with Gasteiger partial charge in [0.05, 0.1) is 5.56 Å². The number of unbranched alkanes of at least 4 members (excludes halogenated alkanes) is 1. The zero-order valence-electron chi connectivity index (χ0n) is 11.8. The molecule has 1 heterocycles. The number of hydrogen-bond acceptors (Lipinski definition) is 3. The van der Waals surface area contributed by atoms with Gasteiger partial charge in [0.15, 0.2) is 12.4 Å². The molecule has 106 valence electrons. The summed E-state index contributed by atoms with van der Waals surface area (Å²) in [6.45, 7) is 4.53. The number of carbonyl (C=O) groups is 1.